The van der Waals surface area contributed by atoms with Crippen molar-refractivity contribution in [3.63, 3.8) is 0 Å². The van der Waals surface area contributed by atoms with Crippen molar-refractivity contribution in [1.82, 2.24) is 10.6 Å². The highest BCUT2D eigenvalue weighted by Gasteiger charge is 2.20. The van der Waals surface area contributed by atoms with Gasteiger partial charge in [-0.1, -0.05) is 26.7 Å². The lowest BCUT2D eigenvalue weighted by molar-refractivity contribution is -0.121. The maximum absolute atomic E-state index is 11.6. The van der Waals surface area contributed by atoms with Crippen LogP contribution < -0.4 is 10.6 Å². The van der Waals surface area contributed by atoms with E-state index in [0.29, 0.717) is 18.5 Å². The smallest absolute Gasteiger partial charge is 0.221 e. The third-order valence-corrected chi connectivity index (χ3v) is 4.35. The summed E-state index contributed by atoms with van der Waals surface area (Å²) >= 11 is 0. The maximum atomic E-state index is 11.6. The van der Waals surface area contributed by atoms with E-state index in [1.165, 1.54) is 38.5 Å². The molecule has 0 heterocycles. The van der Waals surface area contributed by atoms with E-state index >= 15 is 0 Å². The van der Waals surface area contributed by atoms with Gasteiger partial charge in [0.1, 0.15) is 0 Å². The minimum Gasteiger partial charge on any atom is -0.354 e. The molecule has 0 aromatic carbocycles. The van der Waals surface area contributed by atoms with Crippen LogP contribution in [-0.2, 0) is 4.79 Å². The predicted octanol–water partition coefficient (Wildman–Crippen LogP) is 3.24. The van der Waals surface area contributed by atoms with Gasteiger partial charge >= 0.3 is 0 Å². The molecule has 0 aromatic rings. The number of amides is 1. The fourth-order valence-corrected chi connectivity index (χ4v) is 2.90. The summed E-state index contributed by atoms with van der Waals surface area (Å²) in [7, 11) is 0. The van der Waals surface area contributed by atoms with Crippen molar-refractivity contribution in [2.24, 2.45) is 5.92 Å². The summed E-state index contributed by atoms with van der Waals surface area (Å²) < 4.78 is 0. The van der Waals surface area contributed by atoms with Gasteiger partial charge in [0.15, 0.2) is 0 Å². The number of hydrogen-bond donors (Lipinski definition) is 2. The molecule has 0 aromatic heterocycles. The molecule has 1 amide bonds. The molecule has 0 radical (unpaired) electrons. The Balaban J connectivity index is 2.06. The molecular weight excluding hydrogens is 236 g/mol. The van der Waals surface area contributed by atoms with E-state index in [1.54, 1.807) is 0 Å². The van der Waals surface area contributed by atoms with Crippen LogP contribution in [0, 0.1) is 5.92 Å². The fraction of sp³-hybridized carbons (Fsp3) is 0.938. The Hall–Kier alpha value is -0.570. The first kappa shape index (κ1) is 16.5. The average Bonchev–Trinajstić information content (AvgIpc) is 2.41. The highest BCUT2D eigenvalue weighted by atomic mass is 16.1. The van der Waals surface area contributed by atoms with Gasteiger partial charge in [0.2, 0.25) is 5.91 Å². The summed E-state index contributed by atoms with van der Waals surface area (Å²) in [6.07, 6.45) is 9.63. The molecule has 3 heteroatoms. The first-order chi connectivity index (χ1) is 9.15. The quantitative estimate of drug-likeness (QED) is 0.709. The highest BCUT2D eigenvalue weighted by Crippen LogP contribution is 2.27. The van der Waals surface area contributed by atoms with Crippen LogP contribution in [0.3, 0.4) is 0 Å². The number of rotatable bonds is 8. The second-order valence-corrected chi connectivity index (χ2v) is 6.09. The standard InChI is InChI=1S/C16H32N2O/c1-4-6-14-7-9-15(10-8-14)17-12-11-16(19)18-13(3)5-2/h13-15,17H,4-12H2,1-3H3,(H,18,19). The number of carbonyl (C=O) groups excluding carboxylic acids is 1. The van der Waals surface area contributed by atoms with Crippen molar-refractivity contribution in [2.75, 3.05) is 6.54 Å². The molecule has 19 heavy (non-hydrogen) atoms. The number of hydrogen-bond acceptors (Lipinski definition) is 2. The van der Waals surface area contributed by atoms with Crippen LogP contribution in [0.5, 0.6) is 0 Å². The molecule has 0 aliphatic heterocycles. The van der Waals surface area contributed by atoms with Gasteiger partial charge in [0.05, 0.1) is 0 Å². The summed E-state index contributed by atoms with van der Waals surface area (Å²) in [5, 5.41) is 6.56. The van der Waals surface area contributed by atoms with E-state index in [0.717, 1.165) is 18.9 Å². The average molecular weight is 268 g/mol. The Kier molecular flexibility index (Phi) is 8.11. The molecule has 0 saturated heterocycles. The molecule has 1 unspecified atom stereocenters. The molecule has 112 valence electrons. The van der Waals surface area contributed by atoms with E-state index in [2.05, 4.69) is 31.4 Å². The Labute approximate surface area is 118 Å². The lowest BCUT2D eigenvalue weighted by atomic mass is 9.83. The molecule has 0 spiro atoms. The van der Waals surface area contributed by atoms with Crippen molar-refractivity contribution in [1.29, 1.82) is 0 Å². The van der Waals surface area contributed by atoms with Crippen LogP contribution in [-0.4, -0.2) is 24.5 Å². The van der Waals surface area contributed by atoms with E-state index < -0.39 is 0 Å². The van der Waals surface area contributed by atoms with Gasteiger partial charge in [0.25, 0.3) is 0 Å². The second kappa shape index (κ2) is 9.35. The second-order valence-electron chi connectivity index (χ2n) is 6.09. The van der Waals surface area contributed by atoms with E-state index in [9.17, 15) is 4.79 Å². The van der Waals surface area contributed by atoms with E-state index in [-0.39, 0.29) is 5.91 Å². The van der Waals surface area contributed by atoms with Crippen LogP contribution >= 0.6 is 0 Å². The summed E-state index contributed by atoms with van der Waals surface area (Å²) in [6.45, 7) is 7.25. The van der Waals surface area contributed by atoms with Crippen molar-refractivity contribution in [2.45, 2.75) is 84.2 Å². The van der Waals surface area contributed by atoms with Crippen LogP contribution in [0.4, 0.5) is 0 Å². The summed E-state index contributed by atoms with van der Waals surface area (Å²) in [6, 6.07) is 0.946. The van der Waals surface area contributed by atoms with Crippen LogP contribution in [0.15, 0.2) is 0 Å². The van der Waals surface area contributed by atoms with Gasteiger partial charge < -0.3 is 10.6 Å². The normalized spacial score (nSPS) is 25.0. The van der Waals surface area contributed by atoms with Crippen LogP contribution in [0.2, 0.25) is 0 Å². The molecule has 1 fully saturated rings. The molecule has 2 N–H and O–H groups in total. The Morgan fingerprint density at radius 3 is 2.47 bits per heavy atom. The SMILES string of the molecule is CCCC1CCC(NCCC(=O)NC(C)CC)CC1. The zero-order valence-corrected chi connectivity index (χ0v) is 13.0. The van der Waals surface area contributed by atoms with Gasteiger partial charge in [0, 0.05) is 25.0 Å². The summed E-state index contributed by atoms with van der Waals surface area (Å²) in [5.74, 6) is 1.14. The van der Waals surface area contributed by atoms with Gasteiger partial charge in [-0.15, -0.1) is 0 Å². The van der Waals surface area contributed by atoms with Gasteiger partial charge in [-0.2, -0.15) is 0 Å². The molecule has 1 aliphatic carbocycles. The van der Waals surface area contributed by atoms with Crippen molar-refractivity contribution in [3.8, 4) is 0 Å². The topological polar surface area (TPSA) is 41.1 Å². The van der Waals surface area contributed by atoms with Crippen LogP contribution in [0.1, 0.15) is 72.1 Å². The molecule has 1 rings (SSSR count). The van der Waals surface area contributed by atoms with Gasteiger partial charge in [-0.25, -0.2) is 0 Å². The molecule has 3 nitrogen and oxygen atoms in total. The Morgan fingerprint density at radius 2 is 1.89 bits per heavy atom. The number of carbonyl (C=O) groups is 1. The monoisotopic (exact) mass is 268 g/mol. The highest BCUT2D eigenvalue weighted by molar-refractivity contribution is 5.76. The first-order valence-electron chi connectivity index (χ1n) is 8.18. The van der Waals surface area contributed by atoms with Crippen molar-refractivity contribution < 1.29 is 4.79 Å². The maximum Gasteiger partial charge on any atom is 0.221 e. The van der Waals surface area contributed by atoms with Crippen molar-refractivity contribution in [3.05, 3.63) is 0 Å². The van der Waals surface area contributed by atoms with E-state index in [4.69, 9.17) is 0 Å². The molecule has 0 bridgehead atoms. The fourth-order valence-electron chi connectivity index (χ4n) is 2.90. The van der Waals surface area contributed by atoms with Gasteiger partial charge in [-0.05, 0) is 44.9 Å². The van der Waals surface area contributed by atoms with Crippen molar-refractivity contribution >= 4 is 5.91 Å². The predicted molar refractivity (Wildman–Crippen MR) is 81.2 cm³/mol. The Morgan fingerprint density at radius 1 is 1.21 bits per heavy atom. The molecule has 1 saturated carbocycles. The first-order valence-corrected chi connectivity index (χ1v) is 8.18. The lowest BCUT2D eigenvalue weighted by Gasteiger charge is -2.29. The third kappa shape index (κ3) is 6.95. The molecule has 1 aliphatic rings. The Bertz CT molecular complexity index is 247. The summed E-state index contributed by atoms with van der Waals surface area (Å²) in [5.41, 5.74) is 0. The van der Waals surface area contributed by atoms with Crippen LogP contribution in [0.25, 0.3) is 0 Å². The third-order valence-electron chi connectivity index (χ3n) is 4.35. The molecule has 1 atom stereocenters. The zero-order valence-electron chi connectivity index (χ0n) is 13.0. The molecular formula is C16H32N2O. The minimum atomic E-state index is 0.182. The van der Waals surface area contributed by atoms with E-state index in [1.807, 2.05) is 0 Å². The van der Waals surface area contributed by atoms with Gasteiger partial charge in [-0.3, -0.25) is 4.79 Å². The summed E-state index contributed by atoms with van der Waals surface area (Å²) in [4.78, 5) is 11.6. The minimum absolute atomic E-state index is 0.182. The largest absolute Gasteiger partial charge is 0.354 e. The number of nitrogens with one attached hydrogen (secondary N) is 2. The zero-order chi connectivity index (χ0) is 14.1. The lowest BCUT2D eigenvalue weighted by Crippen LogP contribution is -2.38.